The average molecular weight is 359 g/mol. The fourth-order valence-electron chi connectivity index (χ4n) is 2.84. The van der Waals surface area contributed by atoms with Gasteiger partial charge in [-0.3, -0.25) is 9.52 Å². The largest absolute Gasteiger partial charge is 0.372 e. The molecule has 2 aromatic rings. The topological polar surface area (TPSA) is 78.5 Å². The summed E-state index contributed by atoms with van der Waals surface area (Å²) in [6.07, 6.45) is 3.53. The summed E-state index contributed by atoms with van der Waals surface area (Å²) >= 11 is 0. The van der Waals surface area contributed by atoms with Crippen molar-refractivity contribution in [1.82, 2.24) is 0 Å². The third-order valence-electron chi connectivity index (χ3n) is 4.05. The van der Waals surface area contributed by atoms with Crippen LogP contribution in [-0.4, -0.2) is 33.7 Å². The van der Waals surface area contributed by atoms with Crippen molar-refractivity contribution in [3.8, 4) is 0 Å². The van der Waals surface area contributed by atoms with E-state index in [1.54, 1.807) is 24.3 Å². The van der Waals surface area contributed by atoms with E-state index in [1.807, 2.05) is 24.3 Å². The van der Waals surface area contributed by atoms with Gasteiger partial charge in [0.15, 0.2) is 0 Å². The van der Waals surface area contributed by atoms with Gasteiger partial charge in [-0.15, -0.1) is 0 Å². The second-order valence-electron chi connectivity index (χ2n) is 6.15. The molecule has 0 spiro atoms. The van der Waals surface area contributed by atoms with Gasteiger partial charge in [-0.1, -0.05) is 0 Å². The monoisotopic (exact) mass is 359 g/mol. The molecular formula is C18H21N3O3S. The normalized spacial score (nSPS) is 14.4. The average Bonchev–Trinajstić information content (AvgIpc) is 3.09. The van der Waals surface area contributed by atoms with Gasteiger partial charge in [-0.25, -0.2) is 8.42 Å². The zero-order chi connectivity index (χ0) is 17.9. The summed E-state index contributed by atoms with van der Waals surface area (Å²) in [6, 6.07) is 14.1. The predicted octanol–water partition coefficient (Wildman–Crippen LogP) is 2.91. The predicted molar refractivity (Wildman–Crippen MR) is 101 cm³/mol. The lowest BCUT2D eigenvalue weighted by atomic mass is 10.2. The number of amides is 1. The summed E-state index contributed by atoms with van der Waals surface area (Å²) in [6.45, 7) is 2.17. The van der Waals surface area contributed by atoms with Crippen molar-refractivity contribution in [2.75, 3.05) is 34.3 Å². The van der Waals surface area contributed by atoms with Gasteiger partial charge >= 0.3 is 0 Å². The van der Waals surface area contributed by atoms with Crippen LogP contribution in [0.4, 0.5) is 17.1 Å². The second kappa shape index (κ2) is 7.14. The first-order chi connectivity index (χ1) is 11.9. The van der Waals surface area contributed by atoms with E-state index in [0.717, 1.165) is 25.0 Å². The third-order valence-corrected chi connectivity index (χ3v) is 4.65. The molecule has 0 aliphatic carbocycles. The van der Waals surface area contributed by atoms with Crippen molar-refractivity contribution in [3.05, 3.63) is 54.1 Å². The summed E-state index contributed by atoms with van der Waals surface area (Å²) in [5, 5.41) is 2.85. The Kier molecular flexibility index (Phi) is 4.94. The highest BCUT2D eigenvalue weighted by atomic mass is 32.2. The number of carbonyl (C=O) groups excluding carboxylic acids is 1. The Bertz CT molecular complexity index is 840. The maximum Gasteiger partial charge on any atom is 0.255 e. The van der Waals surface area contributed by atoms with Crippen molar-refractivity contribution in [2.24, 2.45) is 0 Å². The number of benzene rings is 2. The van der Waals surface area contributed by atoms with Gasteiger partial charge in [0.25, 0.3) is 5.91 Å². The van der Waals surface area contributed by atoms with Crippen LogP contribution < -0.4 is 14.9 Å². The maximum absolute atomic E-state index is 12.3. The maximum atomic E-state index is 12.3. The Labute approximate surface area is 147 Å². The number of carbonyl (C=O) groups is 1. The van der Waals surface area contributed by atoms with E-state index in [1.165, 1.54) is 18.5 Å². The number of nitrogens with one attached hydrogen (secondary N) is 2. The minimum atomic E-state index is -3.32. The Morgan fingerprint density at radius 1 is 0.920 bits per heavy atom. The van der Waals surface area contributed by atoms with Gasteiger partial charge in [0.1, 0.15) is 0 Å². The van der Waals surface area contributed by atoms with Crippen LogP contribution in [0, 0.1) is 0 Å². The van der Waals surface area contributed by atoms with Crippen LogP contribution in [0.5, 0.6) is 0 Å². The summed E-state index contributed by atoms with van der Waals surface area (Å²) in [4.78, 5) is 14.6. The molecule has 2 N–H and O–H groups in total. The standard InChI is InChI=1S/C18H21N3O3S/c1-25(23,24)20-16-6-4-14(5-7-16)18(22)19-15-8-10-17(11-9-15)21-12-2-3-13-21/h4-11,20H,2-3,12-13H2,1H3,(H,19,22). The quantitative estimate of drug-likeness (QED) is 0.860. The first kappa shape index (κ1) is 17.3. The van der Waals surface area contributed by atoms with E-state index in [9.17, 15) is 13.2 Å². The summed E-state index contributed by atoms with van der Waals surface area (Å²) in [5.74, 6) is -0.236. The molecule has 0 aromatic heterocycles. The Morgan fingerprint density at radius 3 is 2.04 bits per heavy atom. The van der Waals surface area contributed by atoms with E-state index in [-0.39, 0.29) is 5.91 Å². The van der Waals surface area contributed by atoms with Gasteiger partial charge in [0.2, 0.25) is 10.0 Å². The molecule has 1 aliphatic rings. The van der Waals surface area contributed by atoms with Crippen LogP contribution in [-0.2, 0) is 10.0 Å². The molecular weight excluding hydrogens is 338 g/mol. The van der Waals surface area contributed by atoms with Crippen LogP contribution in [0.15, 0.2) is 48.5 Å². The number of hydrogen-bond donors (Lipinski definition) is 2. The number of rotatable bonds is 5. The zero-order valence-corrected chi connectivity index (χ0v) is 14.8. The van der Waals surface area contributed by atoms with Crippen LogP contribution in [0.2, 0.25) is 0 Å². The number of sulfonamides is 1. The fourth-order valence-corrected chi connectivity index (χ4v) is 3.40. The van der Waals surface area contributed by atoms with Gasteiger partial charge < -0.3 is 10.2 Å². The second-order valence-corrected chi connectivity index (χ2v) is 7.90. The van der Waals surface area contributed by atoms with Crippen LogP contribution in [0.3, 0.4) is 0 Å². The summed E-state index contributed by atoms with van der Waals surface area (Å²) in [5.41, 5.74) is 2.79. The molecule has 1 fully saturated rings. The van der Waals surface area contributed by atoms with Crippen LogP contribution in [0.25, 0.3) is 0 Å². The molecule has 2 aromatic carbocycles. The molecule has 1 aliphatic heterocycles. The first-order valence-corrected chi connectivity index (χ1v) is 10.0. The molecule has 0 unspecified atom stereocenters. The highest BCUT2D eigenvalue weighted by Gasteiger charge is 2.12. The van der Waals surface area contributed by atoms with Gasteiger partial charge in [0, 0.05) is 35.7 Å². The van der Waals surface area contributed by atoms with Crippen LogP contribution in [0.1, 0.15) is 23.2 Å². The molecule has 3 rings (SSSR count). The van der Waals surface area contributed by atoms with Crippen molar-refractivity contribution >= 4 is 33.0 Å². The van der Waals surface area contributed by atoms with Crippen molar-refractivity contribution in [3.63, 3.8) is 0 Å². The highest BCUT2D eigenvalue weighted by molar-refractivity contribution is 7.92. The number of anilines is 3. The van der Waals surface area contributed by atoms with Crippen molar-refractivity contribution < 1.29 is 13.2 Å². The lowest BCUT2D eigenvalue weighted by Crippen LogP contribution is -2.17. The minimum absolute atomic E-state index is 0.236. The molecule has 0 saturated carbocycles. The molecule has 0 bridgehead atoms. The highest BCUT2D eigenvalue weighted by Crippen LogP contribution is 2.22. The molecule has 0 radical (unpaired) electrons. The number of nitrogens with zero attached hydrogens (tertiary/aromatic N) is 1. The molecule has 1 amide bonds. The molecule has 1 heterocycles. The molecule has 1 saturated heterocycles. The minimum Gasteiger partial charge on any atom is -0.372 e. The summed E-state index contributed by atoms with van der Waals surface area (Å²) < 4.78 is 24.7. The van der Waals surface area contributed by atoms with E-state index >= 15 is 0 Å². The molecule has 132 valence electrons. The zero-order valence-electron chi connectivity index (χ0n) is 14.0. The van der Waals surface area contributed by atoms with E-state index in [0.29, 0.717) is 11.3 Å². The summed E-state index contributed by atoms with van der Waals surface area (Å²) in [7, 11) is -3.32. The van der Waals surface area contributed by atoms with E-state index < -0.39 is 10.0 Å². The fraction of sp³-hybridized carbons (Fsp3) is 0.278. The molecule has 6 nitrogen and oxygen atoms in total. The van der Waals surface area contributed by atoms with Crippen molar-refractivity contribution in [2.45, 2.75) is 12.8 Å². The Hall–Kier alpha value is -2.54. The first-order valence-electron chi connectivity index (χ1n) is 8.15. The van der Waals surface area contributed by atoms with E-state index in [2.05, 4.69) is 14.9 Å². The Morgan fingerprint density at radius 2 is 1.48 bits per heavy atom. The molecule has 25 heavy (non-hydrogen) atoms. The lowest BCUT2D eigenvalue weighted by Gasteiger charge is -2.17. The van der Waals surface area contributed by atoms with Gasteiger partial charge in [-0.2, -0.15) is 0 Å². The smallest absolute Gasteiger partial charge is 0.255 e. The molecule has 0 atom stereocenters. The molecule has 7 heteroatoms. The van der Waals surface area contributed by atoms with E-state index in [4.69, 9.17) is 0 Å². The third kappa shape index (κ3) is 4.73. The van der Waals surface area contributed by atoms with Gasteiger partial charge in [-0.05, 0) is 61.4 Å². The van der Waals surface area contributed by atoms with Crippen LogP contribution >= 0.6 is 0 Å². The van der Waals surface area contributed by atoms with Gasteiger partial charge in [0.05, 0.1) is 6.26 Å². The van der Waals surface area contributed by atoms with Crippen molar-refractivity contribution in [1.29, 1.82) is 0 Å². The lowest BCUT2D eigenvalue weighted by molar-refractivity contribution is 0.102. The number of hydrogen-bond acceptors (Lipinski definition) is 4. The SMILES string of the molecule is CS(=O)(=O)Nc1ccc(C(=O)Nc2ccc(N3CCCC3)cc2)cc1. The Balaban J connectivity index is 1.63.